The third-order valence-electron chi connectivity index (χ3n) is 9.92. The lowest BCUT2D eigenvalue weighted by molar-refractivity contribution is 1.49. The van der Waals surface area contributed by atoms with Crippen molar-refractivity contribution in [3.8, 4) is 21.1 Å². The van der Waals surface area contributed by atoms with Crippen molar-refractivity contribution >= 4 is 108 Å². The van der Waals surface area contributed by atoms with Crippen LogP contribution in [0.1, 0.15) is 0 Å². The summed E-state index contributed by atoms with van der Waals surface area (Å²) < 4.78 is 0. The summed E-state index contributed by atoms with van der Waals surface area (Å²) in [5.74, 6) is 0. The zero-order chi connectivity index (χ0) is 31.3. The van der Waals surface area contributed by atoms with E-state index in [1.54, 1.807) is 22.7 Å². The molecule has 0 aliphatic carbocycles. The van der Waals surface area contributed by atoms with Crippen molar-refractivity contribution in [2.24, 2.45) is 0 Å². The van der Waals surface area contributed by atoms with E-state index in [0.29, 0.717) is 0 Å². The molecule has 2 aromatic heterocycles. The molecule has 9 aromatic carbocycles. The van der Waals surface area contributed by atoms with E-state index in [1.807, 2.05) is 0 Å². The van der Waals surface area contributed by atoms with Gasteiger partial charge in [-0.05, 0) is 81.5 Å². The van der Waals surface area contributed by atoms with Crippen molar-refractivity contribution in [2.45, 2.75) is 0 Å². The zero-order valence-electron chi connectivity index (χ0n) is 25.6. The van der Waals surface area contributed by atoms with Gasteiger partial charge in [0.15, 0.2) is 9.66 Å². The van der Waals surface area contributed by atoms with Gasteiger partial charge in [0.25, 0.3) is 0 Å². The number of benzene rings is 8. The molecule has 2 nitrogen and oxygen atoms in total. The normalized spacial score (nSPS) is 12.2. The Bertz CT molecular complexity index is 3040. The molecule has 48 heavy (non-hydrogen) atoms. The maximum absolute atomic E-state index is 5.20. The maximum Gasteiger partial charge on any atom is 0.155 e. The Balaban J connectivity index is 1.06. The lowest BCUT2D eigenvalue weighted by Gasteiger charge is -2.15. The van der Waals surface area contributed by atoms with Gasteiger partial charge in [-0.2, -0.15) is 0 Å². The molecule has 0 N–H and O–H groups in total. The van der Waals surface area contributed by atoms with Crippen molar-refractivity contribution in [1.82, 2.24) is 9.97 Å². The topological polar surface area (TPSA) is 25.8 Å². The first-order valence-corrected chi connectivity index (χ1v) is 17.8. The fourth-order valence-electron chi connectivity index (χ4n) is 7.83. The summed E-state index contributed by atoms with van der Waals surface area (Å²) in [4.78, 5) is 12.3. The Morgan fingerprint density at radius 2 is 0.833 bits per heavy atom. The zero-order valence-corrected chi connectivity index (χ0v) is 27.2. The molecule has 0 aliphatic rings. The van der Waals surface area contributed by atoms with Crippen LogP contribution in [0.15, 0.2) is 146 Å². The fourth-order valence-corrected chi connectivity index (χ4v) is 9.92. The Morgan fingerprint density at radius 3 is 1.56 bits per heavy atom. The standard InChI is InChI=1S/C44H24N2S2/c1-2-9-28-24-29(31-15-4-11-25-10-3-14-30(28)38(25)31)21-20-27(8-1)41-45-43-44(47-41)46-42(48-43)37-23-22-36-33-17-6-13-26-12-5-16-32(39(26)33)34-18-7-19-35(37)40(34)36/h1-24H. The minimum absolute atomic E-state index is 0.980. The number of hydrogen-bond donors (Lipinski definition) is 0. The van der Waals surface area contributed by atoms with Gasteiger partial charge in [-0.25, -0.2) is 9.97 Å². The van der Waals surface area contributed by atoms with Gasteiger partial charge in [0.05, 0.1) is 0 Å². The van der Waals surface area contributed by atoms with E-state index >= 15 is 0 Å². The number of fused-ring (bicyclic) bond motifs is 7. The summed E-state index contributed by atoms with van der Waals surface area (Å²) >= 11 is 3.35. The van der Waals surface area contributed by atoms with E-state index in [4.69, 9.17) is 9.97 Å². The highest BCUT2D eigenvalue weighted by Crippen LogP contribution is 2.45. The van der Waals surface area contributed by atoms with Gasteiger partial charge in [0.1, 0.15) is 10.0 Å². The van der Waals surface area contributed by atoms with Gasteiger partial charge in [-0.3, -0.25) is 0 Å². The first kappa shape index (κ1) is 26.4. The van der Waals surface area contributed by atoms with E-state index < -0.39 is 0 Å². The van der Waals surface area contributed by atoms with Crippen LogP contribution < -0.4 is 0 Å². The molecule has 2 heterocycles. The number of aromatic nitrogens is 2. The predicted octanol–water partition coefficient (Wildman–Crippen LogP) is 13.2. The second-order valence-corrected chi connectivity index (χ2v) is 14.5. The molecule has 0 saturated heterocycles. The molecule has 0 fully saturated rings. The average molecular weight is 645 g/mol. The Kier molecular flexibility index (Phi) is 5.45. The fraction of sp³-hybridized carbons (Fsp3) is 0. The third kappa shape index (κ3) is 3.73. The molecule has 0 unspecified atom stereocenters. The average Bonchev–Trinajstić information content (AvgIpc) is 3.71. The molecule has 0 radical (unpaired) electrons. The van der Waals surface area contributed by atoms with Gasteiger partial charge in [-0.1, -0.05) is 162 Å². The summed E-state index contributed by atoms with van der Waals surface area (Å²) in [5.41, 5.74) is 2.25. The summed E-state index contributed by atoms with van der Waals surface area (Å²) in [7, 11) is 0. The highest BCUT2D eigenvalue weighted by atomic mass is 32.1. The number of nitrogens with zero attached hydrogens (tertiary/aromatic N) is 2. The van der Waals surface area contributed by atoms with Crippen LogP contribution in [0.25, 0.3) is 106 Å². The molecule has 0 amide bonds. The molecular formula is C44H24N2S2. The van der Waals surface area contributed by atoms with Crippen LogP contribution in [-0.4, -0.2) is 9.97 Å². The molecule has 0 atom stereocenters. The monoisotopic (exact) mass is 644 g/mol. The van der Waals surface area contributed by atoms with E-state index in [-0.39, 0.29) is 0 Å². The summed E-state index contributed by atoms with van der Waals surface area (Å²) in [6.07, 6.45) is 0. The second-order valence-electron chi connectivity index (χ2n) is 12.5. The van der Waals surface area contributed by atoms with Gasteiger partial charge in [-0.15, -0.1) is 0 Å². The largest absolute Gasteiger partial charge is 0.223 e. The predicted molar refractivity (Wildman–Crippen MR) is 209 cm³/mol. The first-order valence-electron chi connectivity index (χ1n) is 16.2. The van der Waals surface area contributed by atoms with Crippen molar-refractivity contribution in [2.75, 3.05) is 0 Å². The molecule has 222 valence electrons. The summed E-state index contributed by atoms with van der Waals surface area (Å²) in [6, 6.07) is 53.1. The molecule has 4 heteroatoms. The van der Waals surface area contributed by atoms with Crippen LogP contribution in [0.5, 0.6) is 0 Å². The van der Waals surface area contributed by atoms with E-state index in [2.05, 4.69) is 146 Å². The highest BCUT2D eigenvalue weighted by molar-refractivity contribution is 7.29. The van der Waals surface area contributed by atoms with Crippen molar-refractivity contribution < 1.29 is 0 Å². The van der Waals surface area contributed by atoms with Crippen LogP contribution >= 0.6 is 22.7 Å². The van der Waals surface area contributed by atoms with Gasteiger partial charge < -0.3 is 0 Å². The molecule has 0 aliphatic heterocycles. The van der Waals surface area contributed by atoms with Crippen LogP contribution in [0.3, 0.4) is 0 Å². The molecule has 2 bridgehead atoms. The molecule has 11 rings (SSSR count). The van der Waals surface area contributed by atoms with Crippen LogP contribution in [-0.2, 0) is 0 Å². The van der Waals surface area contributed by atoms with Gasteiger partial charge in [0, 0.05) is 11.1 Å². The maximum atomic E-state index is 5.20. The van der Waals surface area contributed by atoms with E-state index in [0.717, 1.165) is 25.2 Å². The molecule has 11 aromatic rings. The lowest BCUT2D eigenvalue weighted by Crippen LogP contribution is -1.88. The van der Waals surface area contributed by atoms with Gasteiger partial charge in [0.2, 0.25) is 0 Å². The van der Waals surface area contributed by atoms with Crippen molar-refractivity contribution in [1.29, 1.82) is 0 Å². The Labute approximate surface area is 283 Å². The number of rotatable bonds is 2. The smallest absolute Gasteiger partial charge is 0.155 e. The van der Waals surface area contributed by atoms with Crippen molar-refractivity contribution in [3.63, 3.8) is 0 Å². The Hall–Kier alpha value is -5.68. The van der Waals surface area contributed by atoms with Crippen molar-refractivity contribution in [3.05, 3.63) is 146 Å². The summed E-state index contributed by atoms with van der Waals surface area (Å²) in [5, 5.41) is 20.0. The van der Waals surface area contributed by atoms with Crippen LogP contribution in [0, 0.1) is 0 Å². The minimum Gasteiger partial charge on any atom is -0.223 e. The van der Waals surface area contributed by atoms with E-state index in [1.165, 1.54) is 81.0 Å². The third-order valence-corrected chi connectivity index (χ3v) is 12.0. The quantitative estimate of drug-likeness (QED) is 0.138. The van der Waals surface area contributed by atoms with E-state index in [9.17, 15) is 0 Å². The van der Waals surface area contributed by atoms with Crippen LogP contribution in [0.4, 0.5) is 0 Å². The van der Waals surface area contributed by atoms with Crippen LogP contribution in [0.2, 0.25) is 0 Å². The lowest BCUT2D eigenvalue weighted by atomic mass is 9.88. The number of hydrogen-bond acceptors (Lipinski definition) is 4. The van der Waals surface area contributed by atoms with Gasteiger partial charge >= 0.3 is 0 Å². The summed E-state index contributed by atoms with van der Waals surface area (Å²) in [6.45, 7) is 0. The Morgan fingerprint density at radius 1 is 0.333 bits per heavy atom. The number of thiazole rings is 2. The molecular weight excluding hydrogens is 621 g/mol. The SMILES string of the molecule is c1ccc2cc(ccc(-c3nc4sc(-c5ccc6c7cccc8cccc(c9cccc5c96)c87)nc4s3)c1)c1cccc3cccc2c31. The highest BCUT2D eigenvalue weighted by Gasteiger charge is 2.18. The second kappa shape index (κ2) is 9.91. The minimum atomic E-state index is 0.980. The molecule has 0 saturated carbocycles. The molecule has 0 spiro atoms. The first-order chi connectivity index (χ1) is 23.8.